The van der Waals surface area contributed by atoms with Crippen LogP contribution in [0.2, 0.25) is 0 Å². The topological polar surface area (TPSA) is 9.23 Å². The monoisotopic (exact) mass is 132 g/mol. The Morgan fingerprint density at radius 3 is 1.43 bits per heavy atom. The van der Waals surface area contributed by atoms with E-state index >= 15 is 0 Å². The Labute approximate surface area is 85.9 Å². The summed E-state index contributed by atoms with van der Waals surface area (Å²) in [6.07, 6.45) is 0. The van der Waals surface area contributed by atoms with Gasteiger partial charge in [-0.2, -0.15) is 4.94 Å². The Morgan fingerprint density at radius 2 is 1.43 bits per heavy atom. The first-order chi connectivity index (χ1) is 2.56. The molecule has 1 nitrogen and oxygen atoms in total. The maximum atomic E-state index is 11.0. The van der Waals surface area contributed by atoms with Gasteiger partial charge in [0.25, 0.3) is 0 Å². The Kier molecular flexibility index (Phi) is 7.14. The van der Waals surface area contributed by atoms with Gasteiger partial charge in [-0.3, -0.25) is 0 Å². The van der Waals surface area contributed by atoms with Crippen molar-refractivity contribution in [2.75, 3.05) is 0 Å². The standard InChI is InChI=1S/C4H9FO.K.H/c1-4(2,3)6-5;;/h1-3H3;;. The summed E-state index contributed by atoms with van der Waals surface area (Å²) in [7, 11) is 0. The second-order valence-corrected chi connectivity index (χ2v) is 2.19. The summed E-state index contributed by atoms with van der Waals surface area (Å²) in [5.74, 6) is 0. The van der Waals surface area contributed by atoms with E-state index in [-0.39, 0.29) is 51.4 Å². The van der Waals surface area contributed by atoms with Crippen LogP contribution in [0, 0.1) is 0 Å². The molecule has 0 aromatic heterocycles. The molecule has 0 N–H and O–H groups in total. The van der Waals surface area contributed by atoms with E-state index in [4.69, 9.17) is 0 Å². The second-order valence-electron chi connectivity index (χ2n) is 2.19. The summed E-state index contributed by atoms with van der Waals surface area (Å²) >= 11 is 0. The van der Waals surface area contributed by atoms with Gasteiger partial charge >= 0.3 is 51.4 Å². The molecule has 0 saturated carbocycles. The van der Waals surface area contributed by atoms with Gasteiger partial charge in [0, 0.05) is 0 Å². The third-order valence-corrected chi connectivity index (χ3v) is 0.231. The van der Waals surface area contributed by atoms with Crippen molar-refractivity contribution < 1.29 is 9.47 Å². The Hall–Kier alpha value is 1.53. The van der Waals surface area contributed by atoms with Gasteiger partial charge in [-0.1, -0.05) is 0 Å². The Morgan fingerprint density at radius 1 is 1.29 bits per heavy atom. The fraction of sp³-hybridized carbons (Fsp3) is 1.00. The molecule has 0 radical (unpaired) electrons. The Balaban J connectivity index is 0. The van der Waals surface area contributed by atoms with Crippen LogP contribution in [0.3, 0.4) is 0 Å². The zero-order chi connectivity index (χ0) is 5.21. The molecule has 40 valence electrons. The van der Waals surface area contributed by atoms with Gasteiger partial charge in [-0.25, -0.2) is 0 Å². The van der Waals surface area contributed by atoms with Crippen molar-refractivity contribution in [1.82, 2.24) is 0 Å². The first-order valence-corrected chi connectivity index (χ1v) is 1.86. The van der Waals surface area contributed by atoms with Crippen molar-refractivity contribution in [2.24, 2.45) is 0 Å². The summed E-state index contributed by atoms with van der Waals surface area (Å²) in [6, 6.07) is 0. The van der Waals surface area contributed by atoms with Crippen molar-refractivity contribution in [3.8, 4) is 0 Å². The van der Waals surface area contributed by atoms with E-state index in [1.54, 1.807) is 20.8 Å². The number of halogens is 1. The van der Waals surface area contributed by atoms with E-state index in [0.29, 0.717) is 0 Å². The van der Waals surface area contributed by atoms with E-state index < -0.39 is 5.60 Å². The van der Waals surface area contributed by atoms with Crippen molar-refractivity contribution in [2.45, 2.75) is 26.4 Å². The normalized spacial score (nSPS) is 10.3. The zero-order valence-electron chi connectivity index (χ0n) is 4.29. The predicted octanol–water partition coefficient (Wildman–Crippen LogP) is 1.04. The van der Waals surface area contributed by atoms with Crippen LogP contribution in [0.15, 0.2) is 0 Å². The maximum absolute atomic E-state index is 11.0. The molecule has 0 fully saturated rings. The van der Waals surface area contributed by atoms with Crippen LogP contribution in [0.5, 0.6) is 0 Å². The fourth-order valence-electron chi connectivity index (χ4n) is 0. The van der Waals surface area contributed by atoms with Gasteiger partial charge in [0.2, 0.25) is 0 Å². The molecule has 0 aliphatic heterocycles. The van der Waals surface area contributed by atoms with Crippen LogP contribution in [0.4, 0.5) is 4.53 Å². The molecule has 0 amide bonds. The van der Waals surface area contributed by atoms with Crippen LogP contribution in [0.1, 0.15) is 20.8 Å². The van der Waals surface area contributed by atoms with Crippen LogP contribution >= 0.6 is 0 Å². The molecule has 0 atom stereocenters. The molecule has 7 heavy (non-hydrogen) atoms. The van der Waals surface area contributed by atoms with Gasteiger partial charge in [0.1, 0.15) is 5.60 Å². The summed E-state index contributed by atoms with van der Waals surface area (Å²) in [6.45, 7) is 4.94. The number of hydrogen-bond acceptors (Lipinski definition) is 1. The molecule has 0 spiro atoms. The molecule has 0 aromatic rings. The summed E-state index contributed by atoms with van der Waals surface area (Å²) in [5.41, 5.74) is -0.625. The predicted molar refractivity (Wildman–Crippen MR) is 29.1 cm³/mol. The average molecular weight is 132 g/mol. The van der Waals surface area contributed by atoms with Crippen LogP contribution < -0.4 is 0 Å². The van der Waals surface area contributed by atoms with Gasteiger partial charge in [-0.05, 0) is 25.3 Å². The first kappa shape index (κ1) is 11.3. The van der Waals surface area contributed by atoms with Crippen molar-refractivity contribution in [3.05, 3.63) is 0 Å². The van der Waals surface area contributed by atoms with E-state index in [1.165, 1.54) is 0 Å². The summed E-state index contributed by atoms with van der Waals surface area (Å²) < 4.78 is 11.0. The SMILES string of the molecule is CC(C)(C)OF.[KH]. The third kappa shape index (κ3) is 11.2. The zero-order valence-corrected chi connectivity index (χ0v) is 4.29. The number of rotatable bonds is 0. The van der Waals surface area contributed by atoms with Gasteiger partial charge in [-0.15, -0.1) is 0 Å². The minimum atomic E-state index is -0.625. The summed E-state index contributed by atoms with van der Waals surface area (Å²) in [5, 5.41) is 0. The number of hydrogen-bond donors (Lipinski definition) is 0. The molecule has 0 aliphatic rings. The van der Waals surface area contributed by atoms with Crippen LogP contribution in [-0.2, 0) is 4.94 Å². The van der Waals surface area contributed by atoms with E-state index in [9.17, 15) is 4.53 Å². The molecule has 0 aliphatic carbocycles. The molecule has 0 saturated heterocycles. The van der Waals surface area contributed by atoms with Crippen LogP contribution in [-0.4, -0.2) is 57.0 Å². The molecule has 0 aromatic carbocycles. The molecule has 0 rings (SSSR count). The Bertz CT molecular complexity index is 41.4. The van der Waals surface area contributed by atoms with Crippen molar-refractivity contribution >= 4 is 51.4 Å². The van der Waals surface area contributed by atoms with E-state index in [0.717, 1.165) is 0 Å². The van der Waals surface area contributed by atoms with E-state index in [2.05, 4.69) is 4.94 Å². The minimum absolute atomic E-state index is 0. The van der Waals surface area contributed by atoms with Gasteiger partial charge in [0.15, 0.2) is 0 Å². The first-order valence-electron chi connectivity index (χ1n) is 1.86. The van der Waals surface area contributed by atoms with Gasteiger partial charge in [0.05, 0.1) is 0 Å². The molecule has 3 heteroatoms. The van der Waals surface area contributed by atoms with Crippen molar-refractivity contribution in [1.29, 1.82) is 0 Å². The molecular weight excluding hydrogens is 122 g/mol. The summed E-state index contributed by atoms with van der Waals surface area (Å²) in [4.78, 5) is 3.44. The fourth-order valence-corrected chi connectivity index (χ4v) is 0. The van der Waals surface area contributed by atoms with Crippen molar-refractivity contribution in [3.63, 3.8) is 0 Å². The molecule has 0 bridgehead atoms. The van der Waals surface area contributed by atoms with E-state index in [1.807, 2.05) is 0 Å². The average Bonchev–Trinajstić information content (AvgIpc) is 1.35. The third-order valence-electron chi connectivity index (χ3n) is 0.231. The second kappa shape index (κ2) is 4.41. The molecule has 0 heterocycles. The van der Waals surface area contributed by atoms with Gasteiger partial charge < -0.3 is 0 Å². The molecule has 0 unspecified atom stereocenters. The molecular formula is C4H10FKO. The van der Waals surface area contributed by atoms with Crippen LogP contribution in [0.25, 0.3) is 0 Å². The quantitative estimate of drug-likeness (QED) is 0.447.